The number of morpholine rings is 1. The summed E-state index contributed by atoms with van der Waals surface area (Å²) in [6, 6.07) is 9.64. The highest BCUT2D eigenvalue weighted by molar-refractivity contribution is 5.38. The van der Waals surface area contributed by atoms with Crippen molar-refractivity contribution in [2.45, 2.75) is 12.5 Å². The van der Waals surface area contributed by atoms with Crippen molar-refractivity contribution in [2.24, 2.45) is 0 Å². The van der Waals surface area contributed by atoms with E-state index in [2.05, 4.69) is 16.3 Å². The maximum absolute atomic E-state index is 9.35. The molecule has 0 amide bonds. The number of benzene rings is 1. The van der Waals surface area contributed by atoms with Gasteiger partial charge in [-0.05, 0) is 25.6 Å². The Kier molecular flexibility index (Phi) is 6.48. The largest absolute Gasteiger partial charge is 0.496 e. The summed E-state index contributed by atoms with van der Waals surface area (Å²) in [7, 11) is 1.63. The highest BCUT2D eigenvalue weighted by Crippen LogP contribution is 2.24. The maximum atomic E-state index is 9.35. The van der Waals surface area contributed by atoms with Crippen LogP contribution in [0.1, 0.15) is 18.0 Å². The molecule has 0 spiro atoms. The molecule has 1 aromatic rings. The first-order valence-corrected chi connectivity index (χ1v) is 7.41. The second-order valence-electron chi connectivity index (χ2n) is 5.07. The Bertz CT molecular complexity index is 467. The quantitative estimate of drug-likeness (QED) is 0.772. The molecular formula is C16H23N3O2. The van der Waals surface area contributed by atoms with E-state index in [9.17, 15) is 5.26 Å². The molecule has 1 aliphatic rings. The van der Waals surface area contributed by atoms with E-state index in [0.29, 0.717) is 0 Å². The smallest absolute Gasteiger partial charge is 0.124 e. The van der Waals surface area contributed by atoms with E-state index < -0.39 is 0 Å². The third-order valence-electron chi connectivity index (χ3n) is 3.68. The van der Waals surface area contributed by atoms with Gasteiger partial charge < -0.3 is 9.47 Å². The topological polar surface area (TPSA) is 57.5 Å². The first kappa shape index (κ1) is 15.8. The first-order valence-electron chi connectivity index (χ1n) is 7.41. The number of rotatable bonds is 7. The van der Waals surface area contributed by atoms with Gasteiger partial charge in [0.15, 0.2) is 0 Å². The van der Waals surface area contributed by atoms with Gasteiger partial charge in [0.25, 0.3) is 0 Å². The van der Waals surface area contributed by atoms with Gasteiger partial charge in [-0.3, -0.25) is 10.2 Å². The summed E-state index contributed by atoms with van der Waals surface area (Å²) in [6.45, 7) is 5.53. The number of nitrogens with zero attached hydrogens (tertiary/aromatic N) is 2. The fourth-order valence-corrected chi connectivity index (χ4v) is 2.50. The van der Waals surface area contributed by atoms with E-state index in [1.807, 2.05) is 24.3 Å². The molecule has 5 heteroatoms. The van der Waals surface area contributed by atoms with Crippen molar-refractivity contribution in [3.63, 3.8) is 0 Å². The number of nitrogens with one attached hydrogen (secondary N) is 1. The van der Waals surface area contributed by atoms with Crippen LogP contribution >= 0.6 is 0 Å². The van der Waals surface area contributed by atoms with Crippen molar-refractivity contribution >= 4 is 0 Å². The van der Waals surface area contributed by atoms with Crippen LogP contribution in [0.2, 0.25) is 0 Å². The molecule has 2 rings (SSSR count). The van der Waals surface area contributed by atoms with Gasteiger partial charge in [-0.1, -0.05) is 18.2 Å². The second kappa shape index (κ2) is 8.63. The van der Waals surface area contributed by atoms with E-state index in [0.717, 1.165) is 57.1 Å². The minimum absolute atomic E-state index is 0.328. The molecule has 1 aromatic carbocycles. The monoisotopic (exact) mass is 289 g/mol. The molecule has 1 atom stereocenters. The molecule has 1 unspecified atom stereocenters. The Morgan fingerprint density at radius 1 is 1.38 bits per heavy atom. The summed E-state index contributed by atoms with van der Waals surface area (Å²) in [5.41, 5.74) is 0.897. The second-order valence-corrected chi connectivity index (χ2v) is 5.07. The lowest BCUT2D eigenvalue weighted by Crippen LogP contribution is -2.37. The Morgan fingerprint density at radius 3 is 2.86 bits per heavy atom. The predicted molar refractivity (Wildman–Crippen MR) is 81.2 cm³/mol. The Labute approximate surface area is 126 Å². The minimum atomic E-state index is -0.328. The van der Waals surface area contributed by atoms with Crippen molar-refractivity contribution in [3.05, 3.63) is 29.8 Å². The highest BCUT2D eigenvalue weighted by Gasteiger charge is 2.15. The molecule has 21 heavy (non-hydrogen) atoms. The molecule has 5 nitrogen and oxygen atoms in total. The summed E-state index contributed by atoms with van der Waals surface area (Å²) >= 11 is 0. The molecule has 0 radical (unpaired) electrons. The van der Waals surface area contributed by atoms with Gasteiger partial charge in [-0.2, -0.15) is 5.26 Å². The highest BCUT2D eigenvalue weighted by atomic mass is 16.5. The Balaban J connectivity index is 1.78. The van der Waals surface area contributed by atoms with E-state index in [4.69, 9.17) is 9.47 Å². The van der Waals surface area contributed by atoms with Gasteiger partial charge in [0.05, 0.1) is 26.4 Å². The zero-order valence-corrected chi connectivity index (χ0v) is 12.5. The lowest BCUT2D eigenvalue weighted by molar-refractivity contribution is 0.0374. The molecular weight excluding hydrogens is 266 g/mol. The first-order chi connectivity index (χ1) is 10.3. The van der Waals surface area contributed by atoms with Crippen LogP contribution < -0.4 is 10.1 Å². The normalized spacial score (nSPS) is 17.1. The van der Waals surface area contributed by atoms with Crippen molar-refractivity contribution in [1.29, 1.82) is 5.26 Å². The molecule has 0 aromatic heterocycles. The summed E-state index contributed by atoms with van der Waals surface area (Å²) in [5.74, 6) is 0.754. The van der Waals surface area contributed by atoms with Crippen LogP contribution in [0.4, 0.5) is 0 Å². The number of nitriles is 1. The van der Waals surface area contributed by atoms with E-state index in [1.165, 1.54) is 0 Å². The average molecular weight is 289 g/mol. The Hall–Kier alpha value is -1.61. The molecule has 0 bridgehead atoms. The van der Waals surface area contributed by atoms with Crippen LogP contribution in [0.5, 0.6) is 5.75 Å². The molecule has 0 aliphatic carbocycles. The third kappa shape index (κ3) is 4.71. The van der Waals surface area contributed by atoms with Crippen molar-refractivity contribution in [3.8, 4) is 11.8 Å². The van der Waals surface area contributed by atoms with Crippen LogP contribution in [0.25, 0.3) is 0 Å². The van der Waals surface area contributed by atoms with Crippen molar-refractivity contribution < 1.29 is 9.47 Å². The standard InChI is InChI=1S/C16H23N3O2/c1-20-16-6-3-2-5-14(16)15(13-17)18-7-4-8-19-9-11-21-12-10-19/h2-3,5-6,15,18H,4,7-12H2,1H3. The zero-order valence-electron chi connectivity index (χ0n) is 12.5. The van der Waals surface area contributed by atoms with Crippen LogP contribution in [0, 0.1) is 11.3 Å². The fraction of sp³-hybridized carbons (Fsp3) is 0.562. The van der Waals surface area contributed by atoms with Crippen LogP contribution in [-0.2, 0) is 4.74 Å². The predicted octanol–water partition coefficient (Wildman–Crippen LogP) is 1.57. The van der Waals surface area contributed by atoms with Crippen LogP contribution in [-0.4, -0.2) is 51.4 Å². The number of para-hydroxylation sites is 1. The molecule has 1 saturated heterocycles. The van der Waals surface area contributed by atoms with Gasteiger partial charge in [-0.25, -0.2) is 0 Å². The summed E-state index contributed by atoms with van der Waals surface area (Å²) in [6.07, 6.45) is 1.02. The molecule has 1 heterocycles. The molecule has 114 valence electrons. The van der Waals surface area contributed by atoms with E-state index >= 15 is 0 Å². The molecule has 1 N–H and O–H groups in total. The number of methoxy groups -OCH3 is 1. The van der Waals surface area contributed by atoms with Crippen molar-refractivity contribution in [2.75, 3.05) is 46.5 Å². The summed E-state index contributed by atoms with van der Waals surface area (Å²) < 4.78 is 10.6. The molecule has 0 saturated carbocycles. The zero-order chi connectivity index (χ0) is 14.9. The SMILES string of the molecule is COc1ccccc1C(C#N)NCCCN1CCOCC1. The van der Waals surface area contributed by atoms with Crippen LogP contribution in [0.3, 0.4) is 0 Å². The van der Waals surface area contributed by atoms with Gasteiger partial charge in [0.2, 0.25) is 0 Å². The van der Waals surface area contributed by atoms with Crippen LogP contribution in [0.15, 0.2) is 24.3 Å². The lowest BCUT2D eigenvalue weighted by Gasteiger charge is -2.26. The van der Waals surface area contributed by atoms with E-state index in [-0.39, 0.29) is 6.04 Å². The number of hydrogen-bond donors (Lipinski definition) is 1. The minimum Gasteiger partial charge on any atom is -0.496 e. The molecule has 1 fully saturated rings. The lowest BCUT2D eigenvalue weighted by atomic mass is 10.1. The van der Waals surface area contributed by atoms with E-state index in [1.54, 1.807) is 7.11 Å². The van der Waals surface area contributed by atoms with Gasteiger partial charge >= 0.3 is 0 Å². The summed E-state index contributed by atoms with van der Waals surface area (Å²) in [4.78, 5) is 2.40. The number of ether oxygens (including phenoxy) is 2. The fourth-order valence-electron chi connectivity index (χ4n) is 2.50. The van der Waals surface area contributed by atoms with Gasteiger partial charge in [0.1, 0.15) is 11.8 Å². The average Bonchev–Trinajstić information content (AvgIpc) is 2.56. The third-order valence-corrected chi connectivity index (χ3v) is 3.68. The van der Waals surface area contributed by atoms with Gasteiger partial charge in [-0.15, -0.1) is 0 Å². The van der Waals surface area contributed by atoms with Crippen molar-refractivity contribution in [1.82, 2.24) is 10.2 Å². The molecule has 1 aliphatic heterocycles. The maximum Gasteiger partial charge on any atom is 0.124 e. The van der Waals surface area contributed by atoms with Gasteiger partial charge in [0, 0.05) is 18.7 Å². The Morgan fingerprint density at radius 2 is 2.14 bits per heavy atom. The number of hydrogen-bond acceptors (Lipinski definition) is 5. The summed E-state index contributed by atoms with van der Waals surface area (Å²) in [5, 5.41) is 12.7.